The molecule has 44 nitrogen and oxygen atoms in total. The zero-order valence-corrected chi connectivity index (χ0v) is 75.7. The van der Waals surface area contributed by atoms with Crippen molar-refractivity contribution in [1.82, 2.24) is 99.9 Å². The smallest absolute Gasteiger partial charge is 0.245 e. The van der Waals surface area contributed by atoms with Gasteiger partial charge in [-0.3, -0.25) is 87.5 Å². The molecule has 47 heteroatoms. The van der Waals surface area contributed by atoms with Gasteiger partial charge in [0.2, 0.25) is 94.5 Å². The van der Waals surface area contributed by atoms with Crippen molar-refractivity contribution in [2.75, 3.05) is 62.9 Å². The Morgan fingerprint density at radius 3 is 1.77 bits per heavy atom. The van der Waals surface area contributed by atoms with Crippen LogP contribution < -0.4 is 108 Å². The Morgan fingerprint density at radius 1 is 0.602 bits per heavy atom. The third kappa shape index (κ3) is 36.3. The van der Waals surface area contributed by atoms with Gasteiger partial charge in [0.1, 0.15) is 90.3 Å². The number of imidazole rings is 1. The number of guanidine groups is 2. The number of H-pyrrole nitrogens is 1. The quantitative estimate of drug-likeness (QED) is 0.0111. The van der Waals surface area contributed by atoms with Crippen molar-refractivity contribution >= 4 is 140 Å². The molecule has 3 heterocycles. The number of amides is 16. The van der Waals surface area contributed by atoms with E-state index in [1.807, 2.05) is 0 Å². The highest BCUT2D eigenvalue weighted by atomic mass is 33.1. The van der Waals surface area contributed by atoms with Crippen LogP contribution in [-0.2, 0) is 96.0 Å². The monoisotopic (exact) mass is 1850 g/mol. The molecule has 2 aliphatic heterocycles. The van der Waals surface area contributed by atoms with E-state index >= 15 is 19.2 Å². The molecule has 0 unspecified atom stereocenters. The molecule has 16 amide bonds. The molecule has 128 heavy (non-hydrogen) atoms. The van der Waals surface area contributed by atoms with Crippen LogP contribution in [0.3, 0.4) is 0 Å². The molecule has 0 radical (unpaired) electrons. The van der Waals surface area contributed by atoms with Gasteiger partial charge in [-0.2, -0.15) is 11.8 Å². The number of phenols is 1. The van der Waals surface area contributed by atoms with Crippen molar-refractivity contribution in [3.63, 3.8) is 0 Å². The van der Waals surface area contributed by atoms with Gasteiger partial charge >= 0.3 is 0 Å². The Bertz CT molecular complexity index is 4250. The van der Waals surface area contributed by atoms with Gasteiger partial charge in [0.25, 0.3) is 0 Å². The molecule has 0 bridgehead atoms. The van der Waals surface area contributed by atoms with Gasteiger partial charge in [0, 0.05) is 62.3 Å². The number of aromatic nitrogens is 2. The number of benzene rings is 2. The fourth-order valence-corrected chi connectivity index (χ4v) is 16.3. The van der Waals surface area contributed by atoms with Gasteiger partial charge in [-0.1, -0.05) is 119 Å². The summed E-state index contributed by atoms with van der Waals surface area (Å²) >= 11 is 1.36. The van der Waals surface area contributed by atoms with Gasteiger partial charge in [0.05, 0.1) is 32.1 Å². The number of aromatic amines is 1. The zero-order chi connectivity index (χ0) is 95.0. The van der Waals surface area contributed by atoms with E-state index in [0.29, 0.717) is 22.6 Å². The molecule has 3 aromatic rings. The summed E-state index contributed by atoms with van der Waals surface area (Å²) in [5, 5.41) is 88.7. The van der Waals surface area contributed by atoms with Crippen LogP contribution >= 0.6 is 33.3 Å². The topological polar surface area (TPSA) is 710 Å². The maximum atomic E-state index is 15.4. The number of thioether (sulfide) groups is 1. The number of nitrogens with two attached hydrogens (primary N) is 4. The first kappa shape index (κ1) is 107. The average molecular weight is 1850 g/mol. The van der Waals surface area contributed by atoms with Crippen molar-refractivity contribution < 1.29 is 92.0 Å². The Hall–Kier alpha value is -11.6. The summed E-state index contributed by atoms with van der Waals surface area (Å²) in [6, 6.07) is -9.51. The molecule has 2 aromatic carbocycles. The fraction of sp³-hybridized carbons (Fsp3) is 0.593. The molecule has 1 aromatic heterocycles. The lowest BCUT2D eigenvalue weighted by Gasteiger charge is -2.31. The molecular formula is C81H127N25O19S3. The number of carbonyl (C=O) groups excluding carboxylic acids is 16. The summed E-state index contributed by atoms with van der Waals surface area (Å²) in [6.07, 6.45) is 3.85. The lowest BCUT2D eigenvalue weighted by atomic mass is 10.0. The summed E-state index contributed by atoms with van der Waals surface area (Å²) in [5.74, 6) is -19.8. The number of carbonyl (C=O) groups is 16. The van der Waals surface area contributed by atoms with Gasteiger partial charge in [-0.15, -0.1) is 0 Å². The SMILES string of the molecule is CSCC[C@H](NC(=O)[C@@H](N)Cc1cnc[nH]1)C(=O)N[C@H](C(=O)N[C@H]1CSSC[C@@H](C(=O)N[C@@H](Cc2ccccc2)C(=O)N[C@@H](CO)C(=O)N[C@H](C(N)=O)C(C)C)NC(=O)[C@H](C(C)C)NC(=O)[C@@H]2CCCN2C(=O)[C@H](CCCNC(=N)N)NC(=O)CNC(=O)[C@H](CCCNC(=N)N)NC(=O)[C@H](Cc2ccc(O)cc2)NC(=O)[C@H](CO)NC(=O)[C@H](CC(C)C)NC1=O)C(C)C. The van der Waals surface area contributed by atoms with Gasteiger partial charge < -0.3 is 133 Å². The molecule has 0 aliphatic carbocycles. The highest BCUT2D eigenvalue weighted by molar-refractivity contribution is 8.76. The third-order valence-electron chi connectivity index (χ3n) is 20.6. The standard InChI is InChI=1S/C81H127N25O19S3/c1-41(2)30-53-69(115)99-56(36-107)72(118)97-55(32-46-21-23-48(109)24-22-46)70(116)95-50(18-13-26-89-80(84)85)67(113)91-35-61(110)93-52(19-14-27-90-81(86)87)79(125)106-28-15-20-60(106)76(122)105-64(44(7)8)78(124)102-59(75(121)98-54(31-45-16-11-10-12-17-45)71(117)100-57(37-108)73(119)103-62(42(3)4)65(83)111)39-128-127-38-58(74(120)96-53)101-77(123)63(43(5)6)104-68(114)51(25-29-126-9)94-66(112)49(82)33-47-34-88-40-92-47/h10-12,16-17,21-24,34,40-44,49-60,62-64,107-109H,13-15,18-20,25-33,35-39,82H2,1-9H3,(H2,83,111)(H,88,92)(H,91,113)(H,93,110)(H,94,112)(H,95,116)(H,96,120)(H,97,118)(H,98,121)(H,99,115)(H,100,117)(H,101,123)(H,102,124)(H,103,119)(H,104,114)(H,105,122)(H4,84,85,89)(H4,86,87,90)/t49-,50-,51-,52-,53-,54-,55-,56-,57-,58-,59-,60-,62-,63-,64-/m0/s1. The fourth-order valence-electron chi connectivity index (χ4n) is 13.5. The molecule has 708 valence electrons. The van der Waals surface area contributed by atoms with E-state index in [1.165, 1.54) is 53.5 Å². The second-order valence-electron chi connectivity index (χ2n) is 32.4. The van der Waals surface area contributed by atoms with Gasteiger partial charge in [-0.25, -0.2) is 4.98 Å². The van der Waals surface area contributed by atoms with Crippen molar-refractivity contribution in [1.29, 1.82) is 10.8 Å². The van der Waals surface area contributed by atoms with Crippen molar-refractivity contribution in [2.45, 2.75) is 217 Å². The number of nitrogens with one attached hydrogen (secondary N) is 19. The lowest BCUT2D eigenvalue weighted by Crippen LogP contribution is -2.62. The molecule has 15 atom stereocenters. The largest absolute Gasteiger partial charge is 0.508 e. The molecule has 30 N–H and O–H groups in total. The minimum absolute atomic E-state index is 0.0113. The lowest BCUT2D eigenvalue weighted by molar-refractivity contribution is -0.142. The number of fused-ring (bicyclic) bond motifs is 1. The van der Waals surface area contributed by atoms with Crippen LogP contribution in [0.5, 0.6) is 5.75 Å². The van der Waals surface area contributed by atoms with E-state index < -0.39 is 252 Å². The molecule has 5 rings (SSSR count). The summed E-state index contributed by atoms with van der Waals surface area (Å²) in [7, 11) is 1.63. The van der Waals surface area contributed by atoms with Crippen LogP contribution in [0.15, 0.2) is 67.1 Å². The Balaban J connectivity index is 1.69. The van der Waals surface area contributed by atoms with Crippen molar-refractivity contribution in [2.24, 2.45) is 46.6 Å². The van der Waals surface area contributed by atoms with E-state index in [9.17, 15) is 72.9 Å². The normalized spacial score (nSPS) is 21.5. The number of nitrogens with zero attached hydrogens (tertiary/aromatic N) is 2. The maximum Gasteiger partial charge on any atom is 0.245 e. The number of hydrogen-bond acceptors (Lipinski definition) is 26. The van der Waals surface area contributed by atoms with E-state index in [1.54, 1.807) is 92.0 Å². The number of aliphatic hydroxyl groups excluding tert-OH is 2. The molecule has 0 saturated carbocycles. The van der Waals surface area contributed by atoms with Crippen LogP contribution in [0.1, 0.15) is 124 Å². The predicted molar refractivity (Wildman–Crippen MR) is 479 cm³/mol. The molecule has 0 spiro atoms. The number of primary amides is 1. The van der Waals surface area contributed by atoms with E-state index in [-0.39, 0.29) is 96.0 Å². The first-order valence-corrected chi connectivity index (χ1v) is 46.0. The molecule has 2 saturated heterocycles. The third-order valence-corrected chi connectivity index (χ3v) is 23.6. The average Bonchev–Trinajstić information content (AvgIpc) is 1.56. The van der Waals surface area contributed by atoms with Crippen LogP contribution in [0.25, 0.3) is 0 Å². The van der Waals surface area contributed by atoms with Crippen LogP contribution in [0, 0.1) is 34.5 Å². The maximum absolute atomic E-state index is 15.4. The van der Waals surface area contributed by atoms with Gasteiger partial charge in [-0.05, 0) is 110 Å². The second-order valence-corrected chi connectivity index (χ2v) is 36.0. The number of rotatable bonds is 37. The van der Waals surface area contributed by atoms with Crippen LogP contribution in [0.4, 0.5) is 0 Å². The summed E-state index contributed by atoms with van der Waals surface area (Å²) < 4.78 is 0. The number of phenolic OH excluding ortho intramolecular Hbond substituents is 1. The number of aliphatic hydroxyl groups is 2. The zero-order valence-electron chi connectivity index (χ0n) is 73.3. The van der Waals surface area contributed by atoms with E-state index in [0.717, 1.165) is 21.6 Å². The summed E-state index contributed by atoms with van der Waals surface area (Å²) in [4.78, 5) is 241. The highest BCUT2D eigenvalue weighted by Gasteiger charge is 2.43. The number of hydrogen-bond donors (Lipinski definition) is 26. The first-order chi connectivity index (χ1) is 60.6. The van der Waals surface area contributed by atoms with Crippen LogP contribution in [-0.4, -0.2) is 290 Å². The molecule has 2 aliphatic rings. The Labute approximate surface area is 754 Å². The highest BCUT2D eigenvalue weighted by Crippen LogP contribution is 2.26. The minimum Gasteiger partial charge on any atom is -0.508 e. The first-order valence-electron chi connectivity index (χ1n) is 42.1. The summed E-state index contributed by atoms with van der Waals surface area (Å²) in [6.45, 7) is 9.77. The van der Waals surface area contributed by atoms with Crippen molar-refractivity contribution in [3.05, 3.63) is 83.9 Å². The second kappa shape index (κ2) is 54.6. The predicted octanol–water partition coefficient (Wildman–Crippen LogP) is -5.96. The summed E-state index contributed by atoms with van der Waals surface area (Å²) in [5.41, 5.74) is 24.3. The van der Waals surface area contributed by atoms with E-state index in [4.69, 9.17) is 33.8 Å². The number of aromatic hydroxyl groups is 1. The Morgan fingerprint density at radius 2 is 1.18 bits per heavy atom. The van der Waals surface area contributed by atoms with Crippen LogP contribution in [0.2, 0.25) is 0 Å². The molecular weight excluding hydrogens is 1720 g/mol. The van der Waals surface area contributed by atoms with E-state index in [2.05, 4.69) is 95.0 Å². The molecule has 2 fully saturated rings. The van der Waals surface area contributed by atoms with Crippen molar-refractivity contribution in [3.8, 4) is 5.75 Å². The Kier molecular flexibility index (Phi) is 45.6. The minimum atomic E-state index is -1.92. The van der Waals surface area contributed by atoms with Gasteiger partial charge in [0.15, 0.2) is 11.9 Å².